The van der Waals surface area contributed by atoms with Gasteiger partial charge in [-0.05, 0) is 91.6 Å². The maximum Gasteiger partial charge on any atom is 0.0131 e. The smallest absolute Gasteiger partial charge is 0.0131 e. The highest BCUT2D eigenvalue weighted by molar-refractivity contribution is 8.00. The molecular weight excluding hydrogens is 332 g/mol. The molecule has 0 radical (unpaired) electrons. The van der Waals surface area contributed by atoms with Crippen LogP contribution in [0.15, 0.2) is 35.2 Å². The summed E-state index contributed by atoms with van der Waals surface area (Å²) in [5.41, 5.74) is 1.30. The molecule has 1 aromatic carbocycles. The number of fused-ring (bicyclic) bond motifs is 5. The molecule has 1 heteroatoms. The summed E-state index contributed by atoms with van der Waals surface area (Å²) in [5.74, 6) is 4.02. The van der Waals surface area contributed by atoms with Gasteiger partial charge in [-0.3, -0.25) is 0 Å². The van der Waals surface area contributed by atoms with Crippen LogP contribution in [0, 0.1) is 34.5 Å². The molecule has 5 rings (SSSR count). The van der Waals surface area contributed by atoms with Crippen molar-refractivity contribution in [2.24, 2.45) is 34.5 Å². The van der Waals surface area contributed by atoms with E-state index in [2.05, 4.69) is 55.9 Å². The van der Waals surface area contributed by atoms with Gasteiger partial charge in [0, 0.05) is 10.1 Å². The van der Waals surface area contributed by atoms with Crippen molar-refractivity contribution in [1.82, 2.24) is 0 Å². The Morgan fingerprint density at radius 3 is 2.46 bits per heavy atom. The Labute approximate surface area is 164 Å². The lowest BCUT2D eigenvalue weighted by atomic mass is 9.45. The van der Waals surface area contributed by atoms with Crippen LogP contribution >= 0.6 is 11.8 Å². The molecule has 0 aliphatic heterocycles. The van der Waals surface area contributed by atoms with Crippen LogP contribution in [-0.4, -0.2) is 5.25 Å². The summed E-state index contributed by atoms with van der Waals surface area (Å²) >= 11 is 2.24. The van der Waals surface area contributed by atoms with Gasteiger partial charge in [0.2, 0.25) is 0 Å². The zero-order chi connectivity index (χ0) is 17.8. The Bertz CT molecular complexity index is 639. The van der Waals surface area contributed by atoms with Gasteiger partial charge in [-0.1, -0.05) is 51.3 Å². The van der Waals surface area contributed by atoms with Gasteiger partial charge in [-0.25, -0.2) is 0 Å². The Balaban J connectivity index is 1.48. The van der Waals surface area contributed by atoms with Crippen molar-refractivity contribution in [2.45, 2.75) is 88.2 Å². The summed E-state index contributed by atoms with van der Waals surface area (Å²) in [5, 5.41) is 0.854. The van der Waals surface area contributed by atoms with E-state index in [1.165, 1.54) is 69.1 Å². The van der Waals surface area contributed by atoms with Crippen LogP contribution in [0.1, 0.15) is 78.1 Å². The minimum Gasteiger partial charge on any atom is -0.122 e. The molecule has 142 valence electrons. The molecule has 4 aliphatic carbocycles. The number of hydrogen-bond acceptors (Lipinski definition) is 1. The van der Waals surface area contributed by atoms with E-state index in [9.17, 15) is 0 Å². The first-order valence-corrected chi connectivity index (χ1v) is 12.2. The Kier molecular flexibility index (Phi) is 4.46. The van der Waals surface area contributed by atoms with Gasteiger partial charge < -0.3 is 0 Å². The molecule has 7 atom stereocenters. The first-order valence-electron chi connectivity index (χ1n) is 11.3. The fourth-order valence-electron chi connectivity index (χ4n) is 8.12. The fraction of sp³-hybridized carbons (Fsp3) is 0.760. The van der Waals surface area contributed by atoms with Crippen molar-refractivity contribution in [3.8, 4) is 0 Å². The molecule has 1 aromatic rings. The minimum absolute atomic E-state index is 0.623. The first kappa shape index (κ1) is 17.7. The van der Waals surface area contributed by atoms with E-state index in [1.54, 1.807) is 0 Å². The zero-order valence-corrected chi connectivity index (χ0v) is 17.6. The van der Waals surface area contributed by atoms with Crippen molar-refractivity contribution in [3.05, 3.63) is 30.3 Å². The van der Waals surface area contributed by atoms with Crippen molar-refractivity contribution in [1.29, 1.82) is 0 Å². The molecule has 0 nitrogen and oxygen atoms in total. The lowest BCUT2D eigenvalue weighted by molar-refractivity contribution is -0.0994. The van der Waals surface area contributed by atoms with Crippen LogP contribution in [-0.2, 0) is 0 Å². The third kappa shape index (κ3) is 2.71. The average molecular weight is 369 g/mol. The van der Waals surface area contributed by atoms with E-state index in [1.807, 2.05) is 0 Å². The van der Waals surface area contributed by atoms with Crippen molar-refractivity contribution in [2.75, 3.05) is 0 Å². The van der Waals surface area contributed by atoms with E-state index in [0.29, 0.717) is 10.8 Å². The summed E-state index contributed by atoms with van der Waals surface area (Å²) in [6.07, 6.45) is 15.1. The van der Waals surface area contributed by atoms with E-state index >= 15 is 0 Å². The lowest BCUT2D eigenvalue weighted by Gasteiger charge is -2.62. The lowest BCUT2D eigenvalue weighted by Crippen LogP contribution is -2.55. The number of hydrogen-bond donors (Lipinski definition) is 0. The second-order valence-corrected chi connectivity index (χ2v) is 11.8. The minimum atomic E-state index is 0.623. The van der Waals surface area contributed by atoms with Gasteiger partial charge in [-0.15, -0.1) is 11.8 Å². The molecule has 0 amide bonds. The highest BCUT2D eigenvalue weighted by atomic mass is 32.2. The predicted molar refractivity (Wildman–Crippen MR) is 112 cm³/mol. The monoisotopic (exact) mass is 368 g/mol. The molecule has 0 heterocycles. The summed E-state index contributed by atoms with van der Waals surface area (Å²) in [7, 11) is 0. The molecule has 4 fully saturated rings. The Hall–Kier alpha value is -0.430. The van der Waals surface area contributed by atoms with Crippen LogP contribution in [0.3, 0.4) is 0 Å². The fourth-order valence-corrected chi connectivity index (χ4v) is 9.71. The van der Waals surface area contributed by atoms with Gasteiger partial charge in [0.15, 0.2) is 0 Å². The summed E-state index contributed by atoms with van der Waals surface area (Å²) in [6.45, 7) is 5.37. The van der Waals surface area contributed by atoms with Gasteiger partial charge >= 0.3 is 0 Å². The highest BCUT2D eigenvalue weighted by Crippen LogP contribution is 2.67. The summed E-state index contributed by atoms with van der Waals surface area (Å²) in [4.78, 5) is 1.51. The number of benzene rings is 1. The van der Waals surface area contributed by atoms with Crippen molar-refractivity contribution >= 4 is 11.8 Å². The predicted octanol–water partition coefficient (Wildman–Crippen LogP) is 7.58. The quantitative estimate of drug-likeness (QED) is 0.518. The normalized spacial score (nSPS) is 47.7. The standard InChI is InChI=1S/C25H36S/c1-24-14-8-12-20(24)19-17-23(26-18-9-4-3-5-10-18)22-11-6-7-15-25(22,2)21(19)13-16-24/h3-5,9-10,19-23H,6-8,11-17H2,1-2H3/t19-,20-,21-,22+,23+,24-,25+/m0/s1. The maximum atomic E-state index is 2.73. The number of thioether (sulfide) groups is 1. The molecule has 0 N–H and O–H groups in total. The van der Waals surface area contributed by atoms with E-state index in [4.69, 9.17) is 0 Å². The maximum absolute atomic E-state index is 2.73. The molecule has 0 saturated heterocycles. The molecule has 4 aliphatic rings. The topological polar surface area (TPSA) is 0 Å². The summed E-state index contributed by atoms with van der Waals surface area (Å²) < 4.78 is 0. The highest BCUT2D eigenvalue weighted by Gasteiger charge is 2.59. The molecule has 0 aromatic heterocycles. The second-order valence-electron chi connectivity index (χ2n) is 10.5. The molecule has 0 spiro atoms. The molecule has 0 unspecified atom stereocenters. The van der Waals surface area contributed by atoms with Crippen LogP contribution in [0.4, 0.5) is 0 Å². The molecule has 26 heavy (non-hydrogen) atoms. The van der Waals surface area contributed by atoms with Crippen molar-refractivity contribution in [3.63, 3.8) is 0 Å². The second kappa shape index (κ2) is 6.57. The third-order valence-electron chi connectivity index (χ3n) is 9.38. The average Bonchev–Trinajstić information content (AvgIpc) is 3.04. The van der Waals surface area contributed by atoms with Crippen molar-refractivity contribution < 1.29 is 0 Å². The molecular formula is C25H36S. The van der Waals surface area contributed by atoms with Crippen LogP contribution in [0.2, 0.25) is 0 Å². The number of rotatable bonds is 2. The van der Waals surface area contributed by atoms with E-state index < -0.39 is 0 Å². The third-order valence-corrected chi connectivity index (χ3v) is 10.7. The first-order chi connectivity index (χ1) is 12.6. The Morgan fingerprint density at radius 1 is 0.808 bits per heavy atom. The van der Waals surface area contributed by atoms with Gasteiger partial charge in [-0.2, -0.15) is 0 Å². The van der Waals surface area contributed by atoms with Crippen LogP contribution < -0.4 is 0 Å². The zero-order valence-electron chi connectivity index (χ0n) is 16.8. The van der Waals surface area contributed by atoms with Crippen LogP contribution in [0.5, 0.6) is 0 Å². The van der Waals surface area contributed by atoms with E-state index in [0.717, 1.165) is 28.9 Å². The Morgan fingerprint density at radius 2 is 1.62 bits per heavy atom. The van der Waals surface area contributed by atoms with E-state index in [-0.39, 0.29) is 0 Å². The summed E-state index contributed by atoms with van der Waals surface area (Å²) in [6, 6.07) is 11.3. The largest absolute Gasteiger partial charge is 0.122 e. The van der Waals surface area contributed by atoms with Gasteiger partial charge in [0.25, 0.3) is 0 Å². The molecule has 4 saturated carbocycles. The molecule has 0 bridgehead atoms. The van der Waals surface area contributed by atoms with Gasteiger partial charge in [0.1, 0.15) is 0 Å². The van der Waals surface area contributed by atoms with Gasteiger partial charge in [0.05, 0.1) is 0 Å². The SMILES string of the molecule is C[C@@]12CCC[C@H]1[C@@H]1C[C@@H](Sc3ccccc3)[C@H]3CCCC[C@]3(C)[C@H]1CC2. The van der Waals surface area contributed by atoms with Crippen LogP contribution in [0.25, 0.3) is 0 Å².